The molecule has 0 aliphatic rings. The predicted octanol–water partition coefficient (Wildman–Crippen LogP) is 1.89. The van der Waals surface area contributed by atoms with Gasteiger partial charge in [-0.15, -0.1) is 0 Å². The first-order chi connectivity index (χ1) is 11.8. The molecule has 0 N–H and O–H groups in total. The van der Waals surface area contributed by atoms with Gasteiger partial charge in [0.15, 0.2) is 12.5 Å². The maximum Gasteiger partial charge on any atom is 0.376 e. The molecule has 25 heavy (non-hydrogen) atoms. The van der Waals surface area contributed by atoms with Gasteiger partial charge >= 0.3 is 17.9 Å². The molecule has 0 bridgehead atoms. The summed E-state index contributed by atoms with van der Waals surface area (Å²) in [5.74, 6) is -1.06. The Morgan fingerprint density at radius 1 is 1.16 bits per heavy atom. The minimum absolute atomic E-state index is 0.0555. The quantitative estimate of drug-likeness (QED) is 0.267. The van der Waals surface area contributed by atoms with Crippen LogP contribution in [0.15, 0.2) is 12.1 Å². The Morgan fingerprint density at radius 2 is 1.84 bits per heavy atom. The van der Waals surface area contributed by atoms with Gasteiger partial charge in [-0.1, -0.05) is 0 Å². The second kappa shape index (κ2) is 9.64. The first-order valence-corrected chi connectivity index (χ1v) is 7.22. The Balaban J connectivity index is 3.28. The maximum absolute atomic E-state index is 12.1. The average Bonchev–Trinajstić information content (AvgIpc) is 2.56. The Morgan fingerprint density at radius 3 is 2.32 bits per heavy atom. The Kier molecular flexibility index (Phi) is 7.89. The van der Waals surface area contributed by atoms with E-state index in [1.54, 1.807) is 13.8 Å². The van der Waals surface area contributed by atoms with E-state index in [1.165, 1.54) is 27.4 Å². The molecule has 0 spiro atoms. The van der Waals surface area contributed by atoms with E-state index in [0.29, 0.717) is 0 Å². The van der Waals surface area contributed by atoms with Crippen molar-refractivity contribution in [3.05, 3.63) is 22.2 Å². The van der Waals surface area contributed by atoms with Gasteiger partial charge in [0.05, 0.1) is 25.2 Å². The van der Waals surface area contributed by atoms with Crippen LogP contribution in [0.5, 0.6) is 17.2 Å². The van der Waals surface area contributed by atoms with Crippen molar-refractivity contribution < 1.29 is 38.1 Å². The van der Waals surface area contributed by atoms with Gasteiger partial charge in [-0.3, -0.25) is 10.1 Å². The number of carbonyl (C=O) groups is 1. The Hall–Kier alpha value is -2.59. The second-order valence-electron chi connectivity index (χ2n) is 4.92. The van der Waals surface area contributed by atoms with Crippen molar-refractivity contribution in [1.82, 2.24) is 0 Å². The van der Waals surface area contributed by atoms with E-state index in [4.69, 9.17) is 28.4 Å². The van der Waals surface area contributed by atoms with E-state index in [9.17, 15) is 14.9 Å². The van der Waals surface area contributed by atoms with Crippen molar-refractivity contribution in [2.75, 3.05) is 28.1 Å². The summed E-state index contributed by atoms with van der Waals surface area (Å²) in [7, 11) is 3.99. The van der Waals surface area contributed by atoms with Crippen molar-refractivity contribution in [2.24, 2.45) is 0 Å². The molecule has 0 aliphatic heterocycles. The minimum atomic E-state index is -1.60. The molecule has 10 heteroatoms. The smallest absolute Gasteiger partial charge is 0.376 e. The first kappa shape index (κ1) is 20.5. The second-order valence-corrected chi connectivity index (χ2v) is 4.92. The molecular formula is C15H21NO9. The average molecular weight is 359 g/mol. The molecule has 0 heterocycles. The fourth-order valence-corrected chi connectivity index (χ4v) is 1.82. The van der Waals surface area contributed by atoms with E-state index < -0.39 is 29.0 Å². The van der Waals surface area contributed by atoms with Crippen molar-refractivity contribution in [3.63, 3.8) is 0 Å². The summed E-state index contributed by atoms with van der Waals surface area (Å²) < 4.78 is 30.5. The standard InChI is InChI=1S/C15H21NO9/c1-9(2)24-14(17)15(23-8-20-3)25-12-10(16(18)19)6-7-11(21-4)13(12)22-5/h6-7,9,15H,8H2,1-5H3. The van der Waals surface area contributed by atoms with Crippen LogP contribution >= 0.6 is 0 Å². The molecule has 1 rings (SSSR count). The Labute approximate surface area is 144 Å². The molecule has 0 amide bonds. The number of methoxy groups -OCH3 is 3. The molecule has 0 aromatic heterocycles. The zero-order valence-corrected chi connectivity index (χ0v) is 14.6. The van der Waals surface area contributed by atoms with Crippen molar-refractivity contribution in [2.45, 2.75) is 26.2 Å². The molecule has 140 valence electrons. The number of esters is 1. The zero-order valence-electron chi connectivity index (χ0n) is 14.6. The van der Waals surface area contributed by atoms with Crippen LogP contribution in [0, 0.1) is 10.1 Å². The largest absolute Gasteiger partial charge is 0.493 e. The van der Waals surface area contributed by atoms with Crippen LogP contribution in [-0.2, 0) is 19.0 Å². The molecular weight excluding hydrogens is 338 g/mol. The third kappa shape index (κ3) is 5.47. The monoisotopic (exact) mass is 359 g/mol. The summed E-state index contributed by atoms with van der Waals surface area (Å²) in [5.41, 5.74) is -0.430. The highest BCUT2D eigenvalue weighted by Gasteiger charge is 2.32. The number of nitro benzene ring substituents is 1. The summed E-state index contributed by atoms with van der Waals surface area (Å²) in [5, 5.41) is 11.3. The number of hydrogen-bond acceptors (Lipinski definition) is 9. The van der Waals surface area contributed by atoms with Crippen LogP contribution in [-0.4, -0.2) is 51.4 Å². The highest BCUT2D eigenvalue weighted by Crippen LogP contribution is 2.44. The summed E-state index contributed by atoms with van der Waals surface area (Å²) in [6.45, 7) is 2.98. The van der Waals surface area contributed by atoms with Crippen LogP contribution in [0.1, 0.15) is 13.8 Å². The van der Waals surface area contributed by atoms with Crippen molar-refractivity contribution >= 4 is 11.7 Å². The van der Waals surface area contributed by atoms with Gasteiger partial charge < -0.3 is 28.4 Å². The number of hydrogen-bond donors (Lipinski definition) is 0. The van der Waals surface area contributed by atoms with Gasteiger partial charge in [0.25, 0.3) is 0 Å². The zero-order chi connectivity index (χ0) is 19.0. The molecule has 0 saturated carbocycles. The van der Waals surface area contributed by atoms with Gasteiger partial charge in [0, 0.05) is 13.2 Å². The fourth-order valence-electron chi connectivity index (χ4n) is 1.82. The third-order valence-electron chi connectivity index (χ3n) is 2.78. The lowest BCUT2D eigenvalue weighted by atomic mass is 10.2. The fraction of sp³-hybridized carbons (Fsp3) is 0.533. The van der Waals surface area contributed by atoms with E-state index in [1.807, 2.05) is 0 Å². The minimum Gasteiger partial charge on any atom is -0.493 e. The van der Waals surface area contributed by atoms with E-state index in [0.717, 1.165) is 6.07 Å². The van der Waals surface area contributed by atoms with Gasteiger partial charge in [-0.05, 0) is 19.9 Å². The van der Waals surface area contributed by atoms with E-state index in [-0.39, 0.29) is 24.0 Å². The summed E-state index contributed by atoms with van der Waals surface area (Å²) >= 11 is 0. The summed E-state index contributed by atoms with van der Waals surface area (Å²) in [6, 6.07) is 2.51. The summed E-state index contributed by atoms with van der Waals surface area (Å²) in [4.78, 5) is 22.7. The summed E-state index contributed by atoms with van der Waals surface area (Å²) in [6.07, 6.45) is -2.03. The number of ether oxygens (including phenoxy) is 6. The lowest BCUT2D eigenvalue weighted by molar-refractivity contribution is -0.386. The predicted molar refractivity (Wildman–Crippen MR) is 84.8 cm³/mol. The van der Waals surface area contributed by atoms with Gasteiger partial charge in [-0.25, -0.2) is 4.79 Å². The van der Waals surface area contributed by atoms with Crippen LogP contribution in [0.2, 0.25) is 0 Å². The van der Waals surface area contributed by atoms with Gasteiger partial charge in [-0.2, -0.15) is 0 Å². The van der Waals surface area contributed by atoms with Gasteiger partial charge in [0.1, 0.15) is 0 Å². The van der Waals surface area contributed by atoms with Crippen molar-refractivity contribution in [3.8, 4) is 17.2 Å². The normalized spacial score (nSPS) is 11.8. The molecule has 10 nitrogen and oxygen atoms in total. The maximum atomic E-state index is 12.1. The molecule has 1 aromatic rings. The first-order valence-electron chi connectivity index (χ1n) is 7.22. The Bertz CT molecular complexity index is 603. The number of nitrogens with zero attached hydrogens (tertiary/aromatic N) is 1. The molecule has 1 atom stereocenters. The molecule has 1 unspecified atom stereocenters. The SMILES string of the molecule is COCOC(Oc1c([N+](=O)[O-])ccc(OC)c1OC)C(=O)OC(C)C. The topological polar surface area (TPSA) is 116 Å². The van der Waals surface area contributed by atoms with Crippen LogP contribution < -0.4 is 14.2 Å². The number of carbonyl (C=O) groups excluding carboxylic acids is 1. The number of rotatable bonds is 10. The molecule has 0 saturated heterocycles. The number of nitro groups is 1. The van der Waals surface area contributed by atoms with Crippen LogP contribution in [0.3, 0.4) is 0 Å². The highest BCUT2D eigenvalue weighted by atomic mass is 16.8. The van der Waals surface area contributed by atoms with Crippen LogP contribution in [0.4, 0.5) is 5.69 Å². The van der Waals surface area contributed by atoms with Crippen molar-refractivity contribution in [1.29, 1.82) is 0 Å². The third-order valence-corrected chi connectivity index (χ3v) is 2.78. The van der Waals surface area contributed by atoms with E-state index in [2.05, 4.69) is 0 Å². The van der Waals surface area contributed by atoms with Crippen LogP contribution in [0.25, 0.3) is 0 Å². The van der Waals surface area contributed by atoms with E-state index >= 15 is 0 Å². The molecule has 0 fully saturated rings. The number of benzene rings is 1. The molecule has 0 aliphatic carbocycles. The highest BCUT2D eigenvalue weighted by molar-refractivity contribution is 5.74. The molecule has 1 aromatic carbocycles. The van der Waals surface area contributed by atoms with Gasteiger partial charge in [0.2, 0.25) is 11.5 Å². The molecule has 0 radical (unpaired) electrons. The lowest BCUT2D eigenvalue weighted by Gasteiger charge is -2.20. The lowest BCUT2D eigenvalue weighted by Crippen LogP contribution is -2.34.